The highest BCUT2D eigenvalue weighted by atomic mass is 16.5. The van der Waals surface area contributed by atoms with Crippen LogP contribution >= 0.6 is 0 Å². The number of hydrogen-bond donors (Lipinski definition) is 1. The Morgan fingerprint density at radius 1 is 1.03 bits per heavy atom. The zero-order chi connectivity index (χ0) is 24.4. The number of carbonyl (C=O) groups excluding carboxylic acids is 2. The number of likely N-dealkylation sites (tertiary alicyclic amines) is 1. The number of carbonyl (C=O) groups is 2. The summed E-state index contributed by atoms with van der Waals surface area (Å²) in [5.74, 6) is -0.888. The molecule has 1 heterocycles. The van der Waals surface area contributed by atoms with E-state index in [0.29, 0.717) is 24.4 Å². The van der Waals surface area contributed by atoms with Crippen LogP contribution in [-0.2, 0) is 9.59 Å². The van der Waals surface area contributed by atoms with Gasteiger partial charge in [0.2, 0.25) is 0 Å². The molecule has 3 aromatic rings. The number of ketones is 1. The Kier molecular flexibility index (Phi) is 6.70. The van der Waals surface area contributed by atoms with Gasteiger partial charge in [0.1, 0.15) is 11.5 Å². The van der Waals surface area contributed by atoms with Gasteiger partial charge in [-0.1, -0.05) is 54.6 Å². The molecule has 1 saturated heterocycles. The smallest absolute Gasteiger partial charge is 0.295 e. The van der Waals surface area contributed by atoms with E-state index < -0.39 is 17.7 Å². The summed E-state index contributed by atoms with van der Waals surface area (Å²) < 4.78 is 5.77. The fraction of sp³-hybridized carbons (Fsp3) is 0.286. The third-order valence-corrected chi connectivity index (χ3v) is 5.93. The van der Waals surface area contributed by atoms with E-state index in [4.69, 9.17) is 4.74 Å². The summed E-state index contributed by atoms with van der Waals surface area (Å²) >= 11 is 0. The lowest BCUT2D eigenvalue weighted by Crippen LogP contribution is -2.35. The van der Waals surface area contributed by atoms with Gasteiger partial charge in [-0.15, -0.1) is 0 Å². The van der Waals surface area contributed by atoms with Crippen LogP contribution in [0.5, 0.6) is 5.75 Å². The number of fused-ring (bicyclic) bond motifs is 1. The molecule has 34 heavy (non-hydrogen) atoms. The van der Waals surface area contributed by atoms with Crippen LogP contribution in [0.4, 0.5) is 0 Å². The van der Waals surface area contributed by atoms with Gasteiger partial charge in [0.25, 0.3) is 11.7 Å². The van der Waals surface area contributed by atoms with Crippen molar-refractivity contribution < 1.29 is 19.4 Å². The summed E-state index contributed by atoms with van der Waals surface area (Å²) in [5.41, 5.74) is 1.35. The van der Waals surface area contributed by atoms with Crippen LogP contribution < -0.4 is 4.74 Å². The predicted molar refractivity (Wildman–Crippen MR) is 134 cm³/mol. The van der Waals surface area contributed by atoms with Gasteiger partial charge in [-0.3, -0.25) is 9.59 Å². The highest BCUT2D eigenvalue weighted by Gasteiger charge is 2.46. The van der Waals surface area contributed by atoms with Gasteiger partial charge in [-0.25, -0.2) is 0 Å². The number of aliphatic hydroxyl groups excluding tert-OH is 1. The van der Waals surface area contributed by atoms with Crippen LogP contribution in [0.15, 0.2) is 72.3 Å². The van der Waals surface area contributed by atoms with Crippen LogP contribution in [0.25, 0.3) is 16.5 Å². The molecular formula is C28H30N2O4. The molecule has 1 atom stereocenters. The Morgan fingerprint density at radius 2 is 1.74 bits per heavy atom. The molecule has 4 rings (SSSR count). The van der Waals surface area contributed by atoms with Crippen LogP contribution in [0.1, 0.15) is 31.0 Å². The molecule has 1 aliphatic heterocycles. The van der Waals surface area contributed by atoms with Crippen LogP contribution in [0.2, 0.25) is 0 Å². The number of benzene rings is 3. The third-order valence-electron chi connectivity index (χ3n) is 5.93. The molecule has 176 valence electrons. The number of amides is 1. The number of hydrogen-bond acceptors (Lipinski definition) is 5. The van der Waals surface area contributed by atoms with E-state index in [-0.39, 0.29) is 17.4 Å². The summed E-state index contributed by atoms with van der Waals surface area (Å²) in [6, 6.07) is 20.0. The Hall–Kier alpha value is -3.64. The number of aliphatic hydroxyl groups is 1. The summed E-state index contributed by atoms with van der Waals surface area (Å²) in [7, 11) is 3.84. The Morgan fingerprint density at radius 3 is 2.47 bits per heavy atom. The Balaban J connectivity index is 1.90. The molecule has 0 spiro atoms. The lowest BCUT2D eigenvalue weighted by molar-refractivity contribution is -0.140. The molecular weight excluding hydrogens is 428 g/mol. The molecule has 0 aliphatic carbocycles. The monoisotopic (exact) mass is 458 g/mol. The van der Waals surface area contributed by atoms with Gasteiger partial charge in [-0.05, 0) is 56.4 Å². The van der Waals surface area contributed by atoms with Crippen molar-refractivity contribution in [3.8, 4) is 5.75 Å². The standard InChI is InChI=1S/C28H30N2O4/c1-18(2)34-21-12-7-11-20(17-21)26(31)24-25(30(16-15-29(3)4)28(33)27(24)32)23-14-8-10-19-9-5-6-13-22(19)23/h5-14,17-18,25,31H,15-16H2,1-4H3/b26-24-. The van der Waals surface area contributed by atoms with Crippen molar-refractivity contribution in [3.05, 3.63) is 83.4 Å². The van der Waals surface area contributed by atoms with Crippen molar-refractivity contribution in [2.45, 2.75) is 26.0 Å². The average molecular weight is 459 g/mol. The first kappa shape index (κ1) is 23.5. The van der Waals surface area contributed by atoms with E-state index in [1.165, 1.54) is 0 Å². The minimum atomic E-state index is -0.694. The average Bonchev–Trinajstić information content (AvgIpc) is 3.06. The molecule has 1 aliphatic rings. The molecule has 0 bridgehead atoms. The largest absolute Gasteiger partial charge is 0.507 e. The summed E-state index contributed by atoms with van der Waals surface area (Å²) in [5, 5.41) is 13.3. The molecule has 1 N–H and O–H groups in total. The number of ether oxygens (including phenoxy) is 1. The quantitative estimate of drug-likeness (QED) is 0.318. The molecule has 3 aromatic carbocycles. The fourth-order valence-corrected chi connectivity index (χ4v) is 4.37. The van der Waals surface area contributed by atoms with Gasteiger partial charge in [0.05, 0.1) is 17.7 Å². The second kappa shape index (κ2) is 9.69. The number of Topliss-reactive ketones (excluding diaryl/α,β-unsaturated/α-hetero) is 1. The van der Waals surface area contributed by atoms with Crippen LogP contribution in [0, 0.1) is 0 Å². The van der Waals surface area contributed by atoms with Crippen molar-refractivity contribution in [3.63, 3.8) is 0 Å². The van der Waals surface area contributed by atoms with Gasteiger partial charge in [0.15, 0.2) is 0 Å². The van der Waals surface area contributed by atoms with Crippen molar-refractivity contribution in [2.24, 2.45) is 0 Å². The molecule has 0 radical (unpaired) electrons. The molecule has 0 aromatic heterocycles. The van der Waals surface area contributed by atoms with Crippen molar-refractivity contribution in [1.29, 1.82) is 0 Å². The summed E-state index contributed by atoms with van der Waals surface area (Å²) in [6.45, 7) is 4.79. The minimum absolute atomic E-state index is 0.0373. The highest BCUT2D eigenvalue weighted by Crippen LogP contribution is 2.42. The van der Waals surface area contributed by atoms with Gasteiger partial charge in [0, 0.05) is 18.7 Å². The van der Waals surface area contributed by atoms with E-state index >= 15 is 0 Å². The molecule has 1 unspecified atom stereocenters. The predicted octanol–water partition coefficient (Wildman–Crippen LogP) is 4.61. The van der Waals surface area contributed by atoms with Gasteiger partial charge >= 0.3 is 0 Å². The Labute approximate surface area is 200 Å². The molecule has 6 heteroatoms. The molecule has 1 fully saturated rings. The zero-order valence-corrected chi connectivity index (χ0v) is 20.0. The van der Waals surface area contributed by atoms with Crippen LogP contribution in [0.3, 0.4) is 0 Å². The SMILES string of the molecule is CC(C)Oc1cccc(/C(O)=C2/C(=O)C(=O)N(CCN(C)C)C2c2cccc3ccccc23)c1. The first-order valence-electron chi connectivity index (χ1n) is 11.5. The number of rotatable bonds is 7. The van der Waals surface area contributed by atoms with E-state index in [9.17, 15) is 14.7 Å². The minimum Gasteiger partial charge on any atom is -0.507 e. The highest BCUT2D eigenvalue weighted by molar-refractivity contribution is 6.46. The van der Waals surface area contributed by atoms with Crippen molar-refractivity contribution in [1.82, 2.24) is 9.80 Å². The molecule has 0 saturated carbocycles. The van der Waals surface area contributed by atoms with Gasteiger partial charge in [-0.2, -0.15) is 0 Å². The number of likely N-dealkylation sites (N-methyl/N-ethyl adjacent to an activating group) is 1. The lowest BCUT2D eigenvalue weighted by Gasteiger charge is -2.27. The maximum absolute atomic E-state index is 13.3. The normalized spacial score (nSPS) is 17.8. The summed E-state index contributed by atoms with van der Waals surface area (Å²) in [6.07, 6.45) is -0.0373. The van der Waals surface area contributed by atoms with E-state index in [2.05, 4.69) is 0 Å². The maximum atomic E-state index is 13.3. The van der Waals surface area contributed by atoms with Crippen LogP contribution in [-0.4, -0.2) is 59.9 Å². The zero-order valence-electron chi connectivity index (χ0n) is 20.0. The van der Waals surface area contributed by atoms with E-state index in [1.807, 2.05) is 75.3 Å². The van der Waals surface area contributed by atoms with Gasteiger partial charge < -0.3 is 19.6 Å². The molecule has 1 amide bonds. The summed E-state index contributed by atoms with van der Waals surface area (Å²) in [4.78, 5) is 30.0. The third kappa shape index (κ3) is 4.54. The van der Waals surface area contributed by atoms with E-state index in [0.717, 1.165) is 16.3 Å². The first-order chi connectivity index (χ1) is 16.3. The lowest BCUT2D eigenvalue weighted by atomic mass is 9.91. The molecule has 6 nitrogen and oxygen atoms in total. The van der Waals surface area contributed by atoms with E-state index in [1.54, 1.807) is 29.2 Å². The first-order valence-corrected chi connectivity index (χ1v) is 11.5. The number of nitrogens with zero attached hydrogens (tertiary/aromatic N) is 2. The topological polar surface area (TPSA) is 70.1 Å². The van der Waals surface area contributed by atoms with Crippen molar-refractivity contribution >= 4 is 28.2 Å². The second-order valence-electron chi connectivity index (χ2n) is 9.06. The fourth-order valence-electron chi connectivity index (χ4n) is 4.37. The van der Waals surface area contributed by atoms with Crippen molar-refractivity contribution in [2.75, 3.05) is 27.2 Å². The second-order valence-corrected chi connectivity index (χ2v) is 9.06. The Bertz CT molecular complexity index is 1260. The maximum Gasteiger partial charge on any atom is 0.295 e.